The van der Waals surface area contributed by atoms with E-state index in [4.69, 9.17) is 5.73 Å². The molecule has 0 saturated heterocycles. The van der Waals surface area contributed by atoms with E-state index in [9.17, 15) is 0 Å². The molecule has 2 atom stereocenters. The second-order valence-electron chi connectivity index (χ2n) is 5.66. The molecule has 1 aromatic carbocycles. The molecular weight excluding hydrogens is 232 g/mol. The normalized spacial score (nSPS) is 20.1. The maximum atomic E-state index is 6.22. The molecule has 0 spiro atoms. The molecule has 3 rings (SSSR count). The molecular formula is C17H22N2. The van der Waals surface area contributed by atoms with E-state index in [-0.39, 0.29) is 6.04 Å². The molecule has 0 aliphatic heterocycles. The number of aromatic nitrogens is 1. The quantitative estimate of drug-likeness (QED) is 0.869. The van der Waals surface area contributed by atoms with Gasteiger partial charge >= 0.3 is 0 Å². The highest BCUT2D eigenvalue weighted by atomic mass is 15.0. The zero-order chi connectivity index (χ0) is 13.4. The van der Waals surface area contributed by atoms with Gasteiger partial charge in [0.05, 0.1) is 6.04 Å². The second-order valence-corrected chi connectivity index (χ2v) is 5.66. The van der Waals surface area contributed by atoms with E-state index >= 15 is 0 Å². The Morgan fingerprint density at radius 1 is 1.26 bits per heavy atom. The summed E-state index contributed by atoms with van der Waals surface area (Å²) in [5.41, 5.74) is 11.8. The van der Waals surface area contributed by atoms with Gasteiger partial charge in [-0.1, -0.05) is 24.3 Å². The van der Waals surface area contributed by atoms with Crippen molar-refractivity contribution in [3.05, 3.63) is 58.9 Å². The van der Waals surface area contributed by atoms with Crippen molar-refractivity contribution in [3.8, 4) is 0 Å². The van der Waals surface area contributed by atoms with Crippen molar-refractivity contribution >= 4 is 0 Å². The minimum atomic E-state index is 0.231. The Bertz CT molecular complexity index is 583. The highest BCUT2D eigenvalue weighted by Crippen LogP contribution is 2.32. The molecule has 1 aliphatic rings. The maximum Gasteiger partial charge on any atom is 0.0557 e. The lowest BCUT2D eigenvalue weighted by atomic mass is 9.93. The van der Waals surface area contributed by atoms with Gasteiger partial charge in [-0.25, -0.2) is 0 Å². The molecule has 2 N–H and O–H groups in total. The third-order valence-corrected chi connectivity index (χ3v) is 4.44. The Labute approximate surface area is 115 Å². The van der Waals surface area contributed by atoms with Crippen molar-refractivity contribution < 1.29 is 0 Å². The molecule has 1 aromatic heterocycles. The highest BCUT2D eigenvalue weighted by Gasteiger charge is 2.22. The molecule has 1 heterocycles. The van der Waals surface area contributed by atoms with E-state index in [1.807, 2.05) is 0 Å². The van der Waals surface area contributed by atoms with Crippen LogP contribution in [0.15, 0.2) is 36.5 Å². The first-order valence-corrected chi connectivity index (χ1v) is 7.19. The van der Waals surface area contributed by atoms with Crippen LogP contribution < -0.4 is 5.73 Å². The summed E-state index contributed by atoms with van der Waals surface area (Å²) in [6.07, 6.45) is 5.70. The maximum absolute atomic E-state index is 6.22. The van der Waals surface area contributed by atoms with Crippen molar-refractivity contribution in [1.29, 1.82) is 0 Å². The molecule has 0 bridgehead atoms. The van der Waals surface area contributed by atoms with E-state index < -0.39 is 0 Å². The lowest BCUT2D eigenvalue weighted by Crippen LogP contribution is -2.19. The minimum Gasteiger partial charge on any atom is -0.344 e. The fraction of sp³-hybridized carbons (Fsp3) is 0.412. The fourth-order valence-corrected chi connectivity index (χ4v) is 3.32. The van der Waals surface area contributed by atoms with Crippen LogP contribution in [0.5, 0.6) is 0 Å². The summed E-state index contributed by atoms with van der Waals surface area (Å²) in [7, 11) is 0. The van der Waals surface area contributed by atoms with Crippen LogP contribution in [0.2, 0.25) is 0 Å². The molecule has 100 valence electrons. The van der Waals surface area contributed by atoms with Crippen molar-refractivity contribution in [2.24, 2.45) is 5.73 Å². The standard InChI is InChI=1S/C17H22N2/c1-12-6-3-4-7-14(12)13(2)19-11-10-15-16(18)8-5-9-17(15)19/h3-4,6-7,10-11,13,16H,5,8-9,18H2,1-2H3. The molecule has 0 fully saturated rings. The van der Waals surface area contributed by atoms with Gasteiger partial charge in [0.15, 0.2) is 0 Å². The van der Waals surface area contributed by atoms with Crippen molar-refractivity contribution in [1.82, 2.24) is 4.57 Å². The summed E-state index contributed by atoms with van der Waals surface area (Å²) in [5, 5.41) is 0. The number of benzene rings is 1. The van der Waals surface area contributed by atoms with Gasteiger partial charge in [-0.15, -0.1) is 0 Å². The molecule has 0 saturated carbocycles. The SMILES string of the molecule is Cc1ccccc1C(C)n1ccc2c1CCCC2N. The predicted octanol–water partition coefficient (Wildman–Crippen LogP) is 3.74. The van der Waals surface area contributed by atoms with Crippen LogP contribution in [0.4, 0.5) is 0 Å². The molecule has 1 aliphatic carbocycles. The lowest BCUT2D eigenvalue weighted by Gasteiger charge is -2.25. The number of hydrogen-bond donors (Lipinski definition) is 1. The Morgan fingerprint density at radius 3 is 2.84 bits per heavy atom. The zero-order valence-corrected chi connectivity index (χ0v) is 11.8. The average Bonchev–Trinajstić information content (AvgIpc) is 2.84. The van der Waals surface area contributed by atoms with Crippen LogP contribution in [-0.4, -0.2) is 4.57 Å². The minimum absolute atomic E-state index is 0.231. The summed E-state index contributed by atoms with van der Waals surface area (Å²) in [5.74, 6) is 0. The first-order chi connectivity index (χ1) is 9.18. The predicted molar refractivity (Wildman–Crippen MR) is 79.3 cm³/mol. The van der Waals surface area contributed by atoms with E-state index in [0.29, 0.717) is 6.04 Å². The third-order valence-electron chi connectivity index (χ3n) is 4.44. The van der Waals surface area contributed by atoms with Crippen LogP contribution in [-0.2, 0) is 6.42 Å². The topological polar surface area (TPSA) is 30.9 Å². The van der Waals surface area contributed by atoms with Gasteiger partial charge in [0, 0.05) is 17.9 Å². The molecule has 2 unspecified atom stereocenters. The van der Waals surface area contributed by atoms with Crippen LogP contribution in [0, 0.1) is 6.92 Å². The number of fused-ring (bicyclic) bond motifs is 1. The van der Waals surface area contributed by atoms with Crippen molar-refractivity contribution in [2.75, 3.05) is 0 Å². The molecule has 0 radical (unpaired) electrons. The molecule has 19 heavy (non-hydrogen) atoms. The van der Waals surface area contributed by atoms with Crippen molar-refractivity contribution in [3.63, 3.8) is 0 Å². The van der Waals surface area contributed by atoms with Gasteiger partial charge < -0.3 is 10.3 Å². The number of hydrogen-bond acceptors (Lipinski definition) is 1. The van der Waals surface area contributed by atoms with Crippen LogP contribution in [0.1, 0.15) is 54.2 Å². The fourth-order valence-electron chi connectivity index (χ4n) is 3.32. The van der Waals surface area contributed by atoms with Gasteiger partial charge in [0.1, 0.15) is 0 Å². The van der Waals surface area contributed by atoms with Crippen LogP contribution in [0.3, 0.4) is 0 Å². The summed E-state index contributed by atoms with van der Waals surface area (Å²) in [4.78, 5) is 0. The summed E-state index contributed by atoms with van der Waals surface area (Å²) in [6, 6.07) is 11.5. The Morgan fingerprint density at radius 2 is 2.05 bits per heavy atom. The Hall–Kier alpha value is -1.54. The lowest BCUT2D eigenvalue weighted by molar-refractivity contribution is 0.525. The van der Waals surface area contributed by atoms with Crippen molar-refractivity contribution in [2.45, 2.75) is 45.2 Å². The largest absolute Gasteiger partial charge is 0.344 e. The summed E-state index contributed by atoms with van der Waals surface area (Å²) >= 11 is 0. The molecule has 0 amide bonds. The molecule has 2 aromatic rings. The van der Waals surface area contributed by atoms with E-state index in [2.05, 4.69) is 54.9 Å². The van der Waals surface area contributed by atoms with Crippen LogP contribution in [0.25, 0.3) is 0 Å². The monoisotopic (exact) mass is 254 g/mol. The number of rotatable bonds is 2. The smallest absolute Gasteiger partial charge is 0.0557 e. The number of nitrogens with two attached hydrogens (primary N) is 1. The zero-order valence-electron chi connectivity index (χ0n) is 11.8. The van der Waals surface area contributed by atoms with Crippen LogP contribution >= 0.6 is 0 Å². The first kappa shape index (κ1) is 12.5. The summed E-state index contributed by atoms with van der Waals surface area (Å²) in [6.45, 7) is 4.47. The summed E-state index contributed by atoms with van der Waals surface area (Å²) < 4.78 is 2.41. The van der Waals surface area contributed by atoms with E-state index in [1.54, 1.807) is 0 Å². The first-order valence-electron chi connectivity index (χ1n) is 7.19. The Kier molecular flexibility index (Phi) is 3.19. The number of nitrogens with zero attached hydrogens (tertiary/aromatic N) is 1. The highest BCUT2D eigenvalue weighted by molar-refractivity contribution is 5.34. The van der Waals surface area contributed by atoms with E-state index in [0.717, 1.165) is 12.8 Å². The van der Waals surface area contributed by atoms with E-state index in [1.165, 1.54) is 28.8 Å². The molecule has 2 nitrogen and oxygen atoms in total. The second kappa shape index (κ2) is 4.86. The van der Waals surface area contributed by atoms with Gasteiger partial charge in [-0.3, -0.25) is 0 Å². The number of aryl methyl sites for hydroxylation is 1. The Balaban J connectivity index is 2.01. The van der Waals surface area contributed by atoms with Gasteiger partial charge in [0.2, 0.25) is 0 Å². The third kappa shape index (κ3) is 2.10. The average molecular weight is 254 g/mol. The molecule has 2 heteroatoms. The van der Waals surface area contributed by atoms with Gasteiger partial charge in [-0.05, 0) is 55.9 Å². The van der Waals surface area contributed by atoms with Gasteiger partial charge in [0.25, 0.3) is 0 Å². The van der Waals surface area contributed by atoms with Gasteiger partial charge in [-0.2, -0.15) is 0 Å².